The summed E-state index contributed by atoms with van der Waals surface area (Å²) in [5.74, 6) is 1.05. The van der Waals surface area contributed by atoms with Crippen molar-refractivity contribution in [1.29, 1.82) is 0 Å². The zero-order valence-electron chi connectivity index (χ0n) is 9.45. The lowest BCUT2D eigenvalue weighted by atomic mass is 10.0. The van der Waals surface area contributed by atoms with Gasteiger partial charge in [0.25, 0.3) is 0 Å². The molecular formula is C11H20N2O2S. The fourth-order valence-electron chi connectivity index (χ4n) is 2.45. The minimum absolute atomic E-state index is 0.000538. The predicted octanol–water partition coefficient (Wildman–Crippen LogP) is 1.09. The van der Waals surface area contributed by atoms with Crippen LogP contribution < -0.4 is 10.6 Å². The molecule has 0 aliphatic carbocycles. The number of unbranched alkanes of at least 4 members (excludes halogenated alkanes) is 3. The highest BCUT2D eigenvalue weighted by Gasteiger charge is 2.42. The SMILES string of the molecule is O=C1N[C@H]2[C@H](CS[C@H]2CCCCCCO)N1. The van der Waals surface area contributed by atoms with Crippen molar-refractivity contribution in [2.45, 2.75) is 49.4 Å². The Morgan fingerprint density at radius 1 is 1.25 bits per heavy atom. The van der Waals surface area contributed by atoms with Crippen LogP contribution in [0.5, 0.6) is 0 Å². The number of thioether (sulfide) groups is 1. The van der Waals surface area contributed by atoms with Crippen molar-refractivity contribution in [2.75, 3.05) is 12.4 Å². The van der Waals surface area contributed by atoms with Crippen LogP contribution in [0.4, 0.5) is 4.79 Å². The topological polar surface area (TPSA) is 61.4 Å². The van der Waals surface area contributed by atoms with E-state index in [4.69, 9.17) is 5.11 Å². The highest BCUT2D eigenvalue weighted by molar-refractivity contribution is 8.00. The lowest BCUT2D eigenvalue weighted by Crippen LogP contribution is -2.36. The molecule has 0 aromatic rings. The summed E-state index contributed by atoms with van der Waals surface area (Å²) in [5, 5.41) is 15.2. The van der Waals surface area contributed by atoms with Crippen molar-refractivity contribution >= 4 is 17.8 Å². The molecule has 0 saturated carbocycles. The summed E-state index contributed by atoms with van der Waals surface area (Å²) in [5.41, 5.74) is 0. The Morgan fingerprint density at radius 2 is 2.06 bits per heavy atom. The molecule has 2 aliphatic rings. The fourth-order valence-corrected chi connectivity index (χ4v) is 4.00. The Hall–Kier alpha value is -0.420. The maximum Gasteiger partial charge on any atom is 0.315 e. The monoisotopic (exact) mass is 244 g/mol. The van der Waals surface area contributed by atoms with E-state index in [1.54, 1.807) is 0 Å². The van der Waals surface area contributed by atoms with Gasteiger partial charge in [-0.25, -0.2) is 4.79 Å². The van der Waals surface area contributed by atoms with Crippen LogP contribution >= 0.6 is 11.8 Å². The molecule has 2 aliphatic heterocycles. The number of urea groups is 1. The number of fused-ring (bicyclic) bond motifs is 1. The number of rotatable bonds is 6. The Morgan fingerprint density at radius 3 is 2.88 bits per heavy atom. The first-order chi connectivity index (χ1) is 7.81. The van der Waals surface area contributed by atoms with Crippen LogP contribution in [0.15, 0.2) is 0 Å². The summed E-state index contributed by atoms with van der Waals surface area (Å²) in [7, 11) is 0. The van der Waals surface area contributed by atoms with E-state index in [1.165, 1.54) is 19.3 Å². The smallest absolute Gasteiger partial charge is 0.315 e. The van der Waals surface area contributed by atoms with Gasteiger partial charge in [0.05, 0.1) is 12.1 Å². The highest BCUT2D eigenvalue weighted by atomic mass is 32.2. The molecule has 0 radical (unpaired) electrons. The molecule has 16 heavy (non-hydrogen) atoms. The maximum atomic E-state index is 11.2. The first kappa shape index (κ1) is 12.0. The van der Waals surface area contributed by atoms with Gasteiger partial charge in [0, 0.05) is 17.6 Å². The van der Waals surface area contributed by atoms with Gasteiger partial charge in [-0.1, -0.05) is 19.3 Å². The van der Waals surface area contributed by atoms with Gasteiger partial charge in [-0.15, -0.1) is 0 Å². The molecule has 0 bridgehead atoms. The second kappa shape index (κ2) is 5.77. The third-order valence-electron chi connectivity index (χ3n) is 3.33. The Labute approximate surface area is 101 Å². The van der Waals surface area contributed by atoms with Crippen molar-refractivity contribution in [3.8, 4) is 0 Å². The summed E-state index contributed by atoms with van der Waals surface area (Å²) >= 11 is 1.97. The van der Waals surface area contributed by atoms with Crippen molar-refractivity contribution in [2.24, 2.45) is 0 Å². The van der Waals surface area contributed by atoms with Gasteiger partial charge in [-0.3, -0.25) is 0 Å². The van der Waals surface area contributed by atoms with Crippen LogP contribution in [0.1, 0.15) is 32.1 Å². The molecule has 2 amide bonds. The van der Waals surface area contributed by atoms with Crippen molar-refractivity contribution < 1.29 is 9.90 Å². The lowest BCUT2D eigenvalue weighted by Gasteiger charge is -2.16. The quantitative estimate of drug-likeness (QED) is 0.484. The van der Waals surface area contributed by atoms with E-state index < -0.39 is 0 Å². The van der Waals surface area contributed by atoms with Crippen LogP contribution in [0.25, 0.3) is 0 Å². The van der Waals surface area contributed by atoms with Gasteiger partial charge in [0.15, 0.2) is 0 Å². The third-order valence-corrected chi connectivity index (χ3v) is 4.84. The first-order valence-corrected chi connectivity index (χ1v) is 7.15. The average Bonchev–Trinajstić information content (AvgIpc) is 2.78. The molecule has 2 fully saturated rings. The summed E-state index contributed by atoms with van der Waals surface area (Å²) in [6, 6.07) is 0.691. The molecule has 4 nitrogen and oxygen atoms in total. The van der Waals surface area contributed by atoms with Crippen LogP contribution in [0.3, 0.4) is 0 Å². The molecule has 3 N–H and O–H groups in total. The average molecular weight is 244 g/mol. The Kier molecular flexibility index (Phi) is 4.35. The summed E-state index contributed by atoms with van der Waals surface area (Å²) in [6.07, 6.45) is 5.61. The van der Waals surface area contributed by atoms with Gasteiger partial charge in [0.1, 0.15) is 0 Å². The zero-order valence-corrected chi connectivity index (χ0v) is 10.3. The maximum absolute atomic E-state index is 11.2. The minimum atomic E-state index is 0.000538. The molecule has 0 unspecified atom stereocenters. The lowest BCUT2D eigenvalue weighted by molar-refractivity contribution is 0.247. The van der Waals surface area contributed by atoms with E-state index in [0.717, 1.165) is 18.6 Å². The minimum Gasteiger partial charge on any atom is -0.396 e. The number of carbonyl (C=O) groups is 1. The van der Waals surface area contributed by atoms with Gasteiger partial charge >= 0.3 is 6.03 Å². The molecule has 2 rings (SSSR count). The van der Waals surface area contributed by atoms with E-state index in [9.17, 15) is 4.79 Å². The molecule has 2 saturated heterocycles. The second-order valence-electron chi connectivity index (χ2n) is 4.55. The van der Waals surface area contributed by atoms with Crippen LogP contribution in [0, 0.1) is 0 Å². The second-order valence-corrected chi connectivity index (χ2v) is 5.82. The highest BCUT2D eigenvalue weighted by Crippen LogP contribution is 2.33. The van der Waals surface area contributed by atoms with Crippen LogP contribution in [0.2, 0.25) is 0 Å². The zero-order chi connectivity index (χ0) is 11.4. The largest absolute Gasteiger partial charge is 0.396 e. The number of carbonyl (C=O) groups excluding carboxylic acids is 1. The standard InChI is InChI=1S/C11H20N2O2S/c14-6-4-2-1-3-5-9-10-8(7-16-9)12-11(15)13-10/h8-10,14H,1-7H2,(H2,12,13,15)/t8-,9-,10-/m0/s1. The van der Waals surface area contributed by atoms with E-state index in [1.807, 2.05) is 11.8 Å². The number of aliphatic hydroxyl groups is 1. The van der Waals surface area contributed by atoms with Gasteiger partial charge < -0.3 is 15.7 Å². The normalized spacial score (nSPS) is 32.3. The van der Waals surface area contributed by atoms with Gasteiger partial charge in [-0.05, 0) is 12.8 Å². The molecule has 5 heteroatoms. The fraction of sp³-hybridized carbons (Fsp3) is 0.909. The summed E-state index contributed by atoms with van der Waals surface area (Å²) in [4.78, 5) is 11.2. The van der Waals surface area contributed by atoms with Crippen molar-refractivity contribution in [3.63, 3.8) is 0 Å². The number of aliphatic hydroxyl groups excluding tert-OH is 1. The van der Waals surface area contributed by atoms with Crippen LogP contribution in [-0.2, 0) is 0 Å². The summed E-state index contributed by atoms with van der Waals surface area (Å²) in [6.45, 7) is 0.308. The molecule has 92 valence electrons. The predicted molar refractivity (Wildman–Crippen MR) is 65.7 cm³/mol. The number of hydrogen-bond acceptors (Lipinski definition) is 3. The number of hydrogen-bond donors (Lipinski definition) is 3. The Balaban J connectivity index is 1.65. The molecular weight excluding hydrogens is 224 g/mol. The van der Waals surface area contributed by atoms with Gasteiger partial charge in [0.2, 0.25) is 0 Å². The third kappa shape index (κ3) is 2.83. The van der Waals surface area contributed by atoms with E-state index in [-0.39, 0.29) is 6.03 Å². The number of amides is 2. The number of nitrogens with one attached hydrogen (secondary N) is 2. The van der Waals surface area contributed by atoms with Crippen molar-refractivity contribution in [1.82, 2.24) is 10.6 Å². The van der Waals surface area contributed by atoms with E-state index in [0.29, 0.717) is 23.9 Å². The van der Waals surface area contributed by atoms with Crippen molar-refractivity contribution in [3.05, 3.63) is 0 Å². The van der Waals surface area contributed by atoms with E-state index in [2.05, 4.69) is 10.6 Å². The summed E-state index contributed by atoms with van der Waals surface area (Å²) < 4.78 is 0. The van der Waals surface area contributed by atoms with E-state index >= 15 is 0 Å². The molecule has 2 heterocycles. The first-order valence-electron chi connectivity index (χ1n) is 6.11. The molecule has 0 spiro atoms. The molecule has 3 atom stereocenters. The van der Waals surface area contributed by atoms with Crippen LogP contribution in [-0.4, -0.2) is 40.8 Å². The molecule has 0 aromatic carbocycles. The molecule has 0 aromatic heterocycles. The van der Waals surface area contributed by atoms with Gasteiger partial charge in [-0.2, -0.15) is 11.8 Å². The Bertz CT molecular complexity index is 250.